The van der Waals surface area contributed by atoms with Crippen molar-refractivity contribution < 1.29 is 9.66 Å². The third-order valence-electron chi connectivity index (χ3n) is 5.76. The SMILES string of the molecule is CCc1ccc(Oc2ncnc(Nc3cc(Cl)c(C(C#N)c4ccc(Cl)cc4)cc3C)c2[N+](=O)[O-])cc1. The lowest BCUT2D eigenvalue weighted by Crippen LogP contribution is -2.05. The summed E-state index contributed by atoms with van der Waals surface area (Å²) in [6, 6.07) is 19.9. The summed E-state index contributed by atoms with van der Waals surface area (Å²) in [6.07, 6.45) is 2.04. The van der Waals surface area contributed by atoms with Crippen LogP contribution in [0.25, 0.3) is 0 Å². The molecule has 0 aliphatic carbocycles. The quantitative estimate of drug-likeness (QED) is 0.182. The van der Waals surface area contributed by atoms with Gasteiger partial charge in [-0.15, -0.1) is 0 Å². The lowest BCUT2D eigenvalue weighted by molar-refractivity contribution is -0.385. The molecule has 0 saturated carbocycles. The number of aromatic nitrogens is 2. The summed E-state index contributed by atoms with van der Waals surface area (Å²) in [5, 5.41) is 25.7. The largest absolute Gasteiger partial charge is 0.434 e. The van der Waals surface area contributed by atoms with Crippen molar-refractivity contribution in [2.75, 3.05) is 5.32 Å². The molecule has 186 valence electrons. The second-order valence-electron chi connectivity index (χ2n) is 8.16. The van der Waals surface area contributed by atoms with E-state index < -0.39 is 16.5 Å². The Morgan fingerprint density at radius 2 is 1.81 bits per heavy atom. The van der Waals surface area contributed by atoms with Crippen molar-refractivity contribution in [3.05, 3.63) is 109 Å². The van der Waals surface area contributed by atoms with Crippen molar-refractivity contribution in [1.82, 2.24) is 9.97 Å². The minimum Gasteiger partial charge on any atom is -0.434 e. The Hall–Kier alpha value is -4.19. The van der Waals surface area contributed by atoms with Gasteiger partial charge in [0.05, 0.1) is 16.9 Å². The molecule has 1 unspecified atom stereocenters. The molecule has 0 aliphatic heterocycles. The van der Waals surface area contributed by atoms with Crippen molar-refractivity contribution in [3.8, 4) is 17.7 Å². The van der Waals surface area contributed by atoms with E-state index in [1.807, 2.05) is 19.1 Å². The molecule has 10 heteroatoms. The molecule has 1 aromatic heterocycles. The maximum atomic E-state index is 12.0. The third kappa shape index (κ3) is 5.80. The Morgan fingerprint density at radius 1 is 1.11 bits per heavy atom. The van der Waals surface area contributed by atoms with Gasteiger partial charge in [-0.3, -0.25) is 10.1 Å². The molecule has 0 spiro atoms. The molecule has 8 nitrogen and oxygen atoms in total. The standard InChI is InChI=1S/C27H21Cl2N5O3/c1-3-17-4-10-20(11-5-17)37-27-25(34(35)36)26(31-15-32-27)33-24-13-23(29)21(12-16(24)2)22(14-30)18-6-8-19(28)9-7-18/h4-13,15,22H,3H2,1-2H3,(H,31,32,33). The molecule has 4 aromatic rings. The van der Waals surface area contributed by atoms with E-state index in [1.165, 1.54) is 6.33 Å². The number of nitro groups is 1. The number of nitriles is 1. The first kappa shape index (κ1) is 25.9. The fourth-order valence-corrected chi connectivity index (χ4v) is 4.16. The van der Waals surface area contributed by atoms with Crippen LogP contribution in [0.15, 0.2) is 67.0 Å². The normalized spacial score (nSPS) is 11.4. The molecular weight excluding hydrogens is 513 g/mol. The first-order valence-corrected chi connectivity index (χ1v) is 12.0. The van der Waals surface area contributed by atoms with Crippen LogP contribution in [-0.4, -0.2) is 14.9 Å². The Kier molecular flexibility index (Phi) is 7.87. The minimum absolute atomic E-state index is 0.0540. The lowest BCUT2D eigenvalue weighted by atomic mass is 9.91. The first-order valence-electron chi connectivity index (χ1n) is 11.3. The number of nitrogens with one attached hydrogen (secondary N) is 1. The van der Waals surface area contributed by atoms with Crippen molar-refractivity contribution in [1.29, 1.82) is 5.26 Å². The zero-order valence-corrected chi connectivity index (χ0v) is 21.4. The topological polar surface area (TPSA) is 114 Å². The summed E-state index contributed by atoms with van der Waals surface area (Å²) in [7, 11) is 0. The highest BCUT2D eigenvalue weighted by atomic mass is 35.5. The second-order valence-corrected chi connectivity index (χ2v) is 9.00. The van der Waals surface area contributed by atoms with Crippen molar-refractivity contribution >= 4 is 40.4 Å². The molecule has 0 amide bonds. The highest BCUT2D eigenvalue weighted by Gasteiger charge is 2.26. The van der Waals surface area contributed by atoms with Crippen LogP contribution in [0.5, 0.6) is 11.6 Å². The molecule has 1 N–H and O–H groups in total. The molecule has 1 atom stereocenters. The molecule has 0 saturated heterocycles. The third-order valence-corrected chi connectivity index (χ3v) is 6.34. The molecular formula is C27H21Cl2N5O3. The van der Waals surface area contributed by atoms with E-state index in [9.17, 15) is 15.4 Å². The summed E-state index contributed by atoms with van der Waals surface area (Å²) in [5.41, 5.74) is 3.23. The highest BCUT2D eigenvalue weighted by Crippen LogP contribution is 2.39. The van der Waals surface area contributed by atoms with Crippen molar-refractivity contribution in [2.45, 2.75) is 26.2 Å². The Balaban J connectivity index is 1.66. The van der Waals surface area contributed by atoms with Gasteiger partial charge in [-0.1, -0.05) is 60.5 Å². The Morgan fingerprint density at radius 3 is 2.43 bits per heavy atom. The van der Waals surface area contributed by atoms with Gasteiger partial charge in [0.1, 0.15) is 12.1 Å². The minimum atomic E-state index is -0.620. The predicted molar refractivity (Wildman–Crippen MR) is 143 cm³/mol. The summed E-state index contributed by atoms with van der Waals surface area (Å²) in [4.78, 5) is 19.4. The van der Waals surface area contributed by atoms with Crippen LogP contribution in [0.4, 0.5) is 17.2 Å². The average molecular weight is 534 g/mol. The number of nitrogens with zero attached hydrogens (tertiary/aromatic N) is 4. The number of hydrogen-bond acceptors (Lipinski definition) is 7. The van der Waals surface area contributed by atoms with Gasteiger partial charge in [-0.2, -0.15) is 10.2 Å². The van der Waals surface area contributed by atoms with Gasteiger partial charge in [0, 0.05) is 15.7 Å². The van der Waals surface area contributed by atoms with E-state index in [-0.39, 0.29) is 11.7 Å². The zero-order valence-electron chi connectivity index (χ0n) is 19.9. The molecule has 1 heterocycles. The van der Waals surface area contributed by atoms with Gasteiger partial charge in [-0.05, 0) is 65.9 Å². The van der Waals surface area contributed by atoms with Gasteiger partial charge in [-0.25, -0.2) is 4.98 Å². The number of halogens is 2. The van der Waals surface area contributed by atoms with Crippen LogP contribution in [0.2, 0.25) is 10.0 Å². The lowest BCUT2D eigenvalue weighted by Gasteiger charge is -2.16. The van der Waals surface area contributed by atoms with Gasteiger partial charge in [0.15, 0.2) is 0 Å². The van der Waals surface area contributed by atoms with Crippen LogP contribution in [-0.2, 0) is 6.42 Å². The highest BCUT2D eigenvalue weighted by molar-refractivity contribution is 6.32. The van der Waals surface area contributed by atoms with E-state index >= 15 is 0 Å². The first-order chi connectivity index (χ1) is 17.8. The Bertz CT molecular complexity index is 1490. The monoisotopic (exact) mass is 533 g/mol. The van der Waals surface area contributed by atoms with Crippen LogP contribution >= 0.6 is 23.2 Å². The van der Waals surface area contributed by atoms with E-state index in [0.29, 0.717) is 32.6 Å². The average Bonchev–Trinajstić information content (AvgIpc) is 2.88. The van der Waals surface area contributed by atoms with Crippen LogP contribution in [0.3, 0.4) is 0 Å². The maximum Gasteiger partial charge on any atom is 0.373 e. The van der Waals surface area contributed by atoms with Crippen molar-refractivity contribution in [3.63, 3.8) is 0 Å². The van der Waals surface area contributed by atoms with Gasteiger partial charge in [0.2, 0.25) is 5.82 Å². The van der Waals surface area contributed by atoms with Crippen LogP contribution in [0.1, 0.15) is 35.1 Å². The number of rotatable bonds is 8. The van der Waals surface area contributed by atoms with Gasteiger partial charge >= 0.3 is 11.6 Å². The number of hydrogen-bond donors (Lipinski definition) is 1. The molecule has 0 radical (unpaired) electrons. The van der Waals surface area contributed by atoms with Gasteiger partial charge < -0.3 is 10.1 Å². The smallest absolute Gasteiger partial charge is 0.373 e. The molecule has 3 aromatic carbocycles. The van der Waals surface area contributed by atoms with Crippen molar-refractivity contribution in [2.24, 2.45) is 0 Å². The zero-order chi connectivity index (χ0) is 26.5. The van der Waals surface area contributed by atoms with E-state index in [2.05, 4.69) is 21.4 Å². The number of ether oxygens (including phenoxy) is 1. The molecule has 4 rings (SSSR count). The number of aryl methyl sites for hydroxylation is 2. The maximum absolute atomic E-state index is 12.0. The predicted octanol–water partition coefficient (Wildman–Crippen LogP) is 7.75. The second kappa shape index (κ2) is 11.2. The summed E-state index contributed by atoms with van der Waals surface area (Å²) in [6.45, 7) is 3.83. The van der Waals surface area contributed by atoms with Crippen LogP contribution < -0.4 is 10.1 Å². The molecule has 37 heavy (non-hydrogen) atoms. The van der Waals surface area contributed by atoms with E-state index in [0.717, 1.165) is 17.5 Å². The summed E-state index contributed by atoms with van der Waals surface area (Å²) < 4.78 is 5.72. The molecule has 0 fully saturated rings. The fraction of sp³-hybridized carbons (Fsp3) is 0.148. The fourth-order valence-electron chi connectivity index (χ4n) is 3.76. The molecule has 0 aliphatic rings. The van der Waals surface area contributed by atoms with E-state index in [4.69, 9.17) is 27.9 Å². The Labute approximate surface area is 223 Å². The van der Waals surface area contributed by atoms with E-state index in [1.54, 1.807) is 55.5 Å². The number of benzene rings is 3. The summed E-state index contributed by atoms with van der Waals surface area (Å²) >= 11 is 12.6. The van der Waals surface area contributed by atoms with Crippen LogP contribution in [0, 0.1) is 28.4 Å². The molecule has 0 bridgehead atoms. The van der Waals surface area contributed by atoms with Gasteiger partial charge in [0.25, 0.3) is 0 Å². The number of anilines is 2. The summed E-state index contributed by atoms with van der Waals surface area (Å²) in [5.74, 6) is -0.454.